The second kappa shape index (κ2) is 11.9. The highest BCUT2D eigenvalue weighted by atomic mass is 16.2. The Hall–Kier alpha value is -2.12. The Bertz CT molecular complexity index is 769. The van der Waals surface area contributed by atoms with Crippen molar-refractivity contribution in [3.8, 4) is 0 Å². The zero-order valence-electron chi connectivity index (χ0n) is 17.9. The minimum Gasteiger partial charge on any atom is -0.381 e. The Kier molecular flexibility index (Phi) is 8.96. The van der Waals surface area contributed by atoms with Crippen LogP contribution in [0.2, 0.25) is 0 Å². The Morgan fingerprint density at radius 2 is 1.80 bits per heavy atom. The fourth-order valence-electron chi connectivity index (χ4n) is 4.23. The van der Waals surface area contributed by atoms with E-state index in [0.717, 1.165) is 36.9 Å². The SMILES string of the molecule is [B]c1c(NC2CCCCCCCCC2)cnn(CC(=O)NCC2CC=NCC2)c1=O. The van der Waals surface area contributed by atoms with Crippen LogP contribution >= 0.6 is 0 Å². The lowest BCUT2D eigenvalue weighted by Crippen LogP contribution is -2.42. The lowest BCUT2D eigenvalue weighted by atomic mass is 9.94. The summed E-state index contributed by atoms with van der Waals surface area (Å²) in [5.74, 6) is 0.185. The van der Waals surface area contributed by atoms with E-state index in [1.807, 2.05) is 6.21 Å². The van der Waals surface area contributed by atoms with E-state index in [-0.39, 0.29) is 17.9 Å². The maximum absolute atomic E-state index is 12.6. The van der Waals surface area contributed by atoms with Crippen molar-refractivity contribution >= 4 is 31.1 Å². The van der Waals surface area contributed by atoms with Gasteiger partial charge in [0, 0.05) is 19.1 Å². The van der Waals surface area contributed by atoms with Crippen LogP contribution in [0, 0.1) is 5.92 Å². The molecule has 0 spiro atoms. The molecule has 30 heavy (non-hydrogen) atoms. The van der Waals surface area contributed by atoms with Gasteiger partial charge in [0.25, 0.3) is 5.56 Å². The first kappa shape index (κ1) is 22.6. The Morgan fingerprint density at radius 1 is 1.10 bits per heavy atom. The Balaban J connectivity index is 1.55. The van der Waals surface area contributed by atoms with Crippen LogP contribution in [0.4, 0.5) is 5.69 Å². The predicted molar refractivity (Wildman–Crippen MR) is 122 cm³/mol. The van der Waals surface area contributed by atoms with Crippen LogP contribution in [0.25, 0.3) is 0 Å². The van der Waals surface area contributed by atoms with E-state index in [0.29, 0.717) is 24.2 Å². The zero-order chi connectivity index (χ0) is 21.2. The number of hydrogen-bond donors (Lipinski definition) is 2. The molecule has 1 fully saturated rings. The fourth-order valence-corrected chi connectivity index (χ4v) is 4.23. The number of hydrogen-bond acceptors (Lipinski definition) is 5. The minimum absolute atomic E-state index is 0.118. The number of nitrogens with one attached hydrogen (secondary N) is 2. The van der Waals surface area contributed by atoms with Gasteiger partial charge in [0.1, 0.15) is 14.4 Å². The molecule has 1 aliphatic carbocycles. The first-order valence-electron chi connectivity index (χ1n) is 11.5. The molecule has 0 bridgehead atoms. The van der Waals surface area contributed by atoms with Crippen LogP contribution < -0.4 is 21.7 Å². The van der Waals surface area contributed by atoms with E-state index in [1.54, 1.807) is 6.20 Å². The van der Waals surface area contributed by atoms with E-state index >= 15 is 0 Å². The summed E-state index contributed by atoms with van der Waals surface area (Å²) in [5.41, 5.74) is 0.304. The van der Waals surface area contributed by atoms with E-state index < -0.39 is 5.56 Å². The van der Waals surface area contributed by atoms with Crippen molar-refractivity contribution in [2.45, 2.75) is 83.2 Å². The summed E-state index contributed by atoms with van der Waals surface area (Å²) >= 11 is 0. The summed E-state index contributed by atoms with van der Waals surface area (Å²) in [6.07, 6.45) is 16.4. The van der Waals surface area contributed by atoms with Crippen LogP contribution in [-0.2, 0) is 11.3 Å². The minimum atomic E-state index is -0.417. The molecular weight excluding hydrogens is 377 g/mol. The average Bonchev–Trinajstić information content (AvgIpc) is 2.77. The molecule has 1 amide bonds. The second-order valence-electron chi connectivity index (χ2n) is 8.61. The molecular formula is C22H34BN5O2. The molecule has 0 aromatic carbocycles. The van der Waals surface area contributed by atoms with Crippen molar-refractivity contribution in [2.24, 2.45) is 10.9 Å². The largest absolute Gasteiger partial charge is 0.381 e. The average molecular weight is 411 g/mol. The lowest BCUT2D eigenvalue weighted by molar-refractivity contribution is -0.122. The summed E-state index contributed by atoms with van der Waals surface area (Å²) in [7, 11) is 6.11. The van der Waals surface area contributed by atoms with Gasteiger partial charge in [-0.2, -0.15) is 5.10 Å². The Morgan fingerprint density at radius 3 is 2.47 bits per heavy atom. The van der Waals surface area contributed by atoms with Gasteiger partial charge in [-0.3, -0.25) is 14.6 Å². The van der Waals surface area contributed by atoms with Crippen molar-refractivity contribution in [2.75, 3.05) is 18.4 Å². The lowest BCUT2D eigenvalue weighted by Gasteiger charge is -2.22. The molecule has 2 N–H and O–H groups in total. The monoisotopic (exact) mass is 411 g/mol. The normalized spacial score (nSPS) is 21.1. The molecule has 1 aliphatic heterocycles. The zero-order valence-corrected chi connectivity index (χ0v) is 17.9. The molecule has 2 aliphatic rings. The van der Waals surface area contributed by atoms with E-state index in [4.69, 9.17) is 7.85 Å². The number of nitrogens with zero attached hydrogens (tertiary/aromatic N) is 3. The fraction of sp³-hybridized carbons (Fsp3) is 0.727. The third-order valence-electron chi connectivity index (χ3n) is 6.16. The van der Waals surface area contributed by atoms with Gasteiger partial charge in [-0.05, 0) is 43.3 Å². The topological polar surface area (TPSA) is 88.4 Å². The number of rotatable bonds is 6. The van der Waals surface area contributed by atoms with Gasteiger partial charge in [0.05, 0.1) is 11.9 Å². The molecule has 2 radical (unpaired) electrons. The molecule has 1 saturated carbocycles. The van der Waals surface area contributed by atoms with Gasteiger partial charge < -0.3 is 10.6 Å². The number of aromatic nitrogens is 2. The molecule has 1 atom stereocenters. The smallest absolute Gasteiger partial charge is 0.262 e. The summed E-state index contributed by atoms with van der Waals surface area (Å²) in [5, 5.41) is 10.5. The van der Waals surface area contributed by atoms with Crippen molar-refractivity contribution in [1.82, 2.24) is 15.1 Å². The van der Waals surface area contributed by atoms with Gasteiger partial charge in [0.2, 0.25) is 5.91 Å². The first-order chi connectivity index (χ1) is 14.6. The number of carbonyl (C=O) groups excluding carboxylic acids is 1. The van der Waals surface area contributed by atoms with E-state index in [1.165, 1.54) is 44.9 Å². The number of aliphatic imine (C=N–C) groups is 1. The van der Waals surface area contributed by atoms with Crippen LogP contribution in [0.5, 0.6) is 0 Å². The number of amides is 1. The molecule has 1 aromatic rings. The summed E-state index contributed by atoms with van der Waals surface area (Å²) in [4.78, 5) is 29.1. The maximum Gasteiger partial charge on any atom is 0.262 e. The molecule has 3 rings (SSSR count). The van der Waals surface area contributed by atoms with E-state index in [9.17, 15) is 9.59 Å². The predicted octanol–water partition coefficient (Wildman–Crippen LogP) is 1.94. The number of anilines is 1. The molecule has 2 heterocycles. The molecule has 8 heteroatoms. The maximum atomic E-state index is 12.6. The molecule has 0 saturated heterocycles. The van der Waals surface area contributed by atoms with Gasteiger partial charge in [0.15, 0.2) is 0 Å². The van der Waals surface area contributed by atoms with Gasteiger partial charge in [-0.15, -0.1) is 0 Å². The van der Waals surface area contributed by atoms with Crippen LogP contribution in [0.15, 0.2) is 16.0 Å². The molecule has 7 nitrogen and oxygen atoms in total. The third kappa shape index (κ3) is 6.99. The van der Waals surface area contributed by atoms with Crippen molar-refractivity contribution in [1.29, 1.82) is 0 Å². The third-order valence-corrected chi connectivity index (χ3v) is 6.16. The van der Waals surface area contributed by atoms with Gasteiger partial charge in [-0.25, -0.2) is 4.68 Å². The van der Waals surface area contributed by atoms with Gasteiger partial charge in [-0.1, -0.05) is 44.9 Å². The van der Waals surface area contributed by atoms with Crippen LogP contribution in [0.3, 0.4) is 0 Å². The highest BCUT2D eigenvalue weighted by molar-refractivity contribution is 6.35. The Labute approximate surface area is 180 Å². The standard InChI is InChI=1S/C22H34BN5O2/c23-21-19(27-18-8-6-4-2-1-3-5-7-9-18)15-26-28(22(21)30)16-20(29)25-14-17-10-12-24-13-11-17/h12,15,17-18,27H,1-11,13-14,16H2,(H,25,29). The van der Waals surface area contributed by atoms with E-state index in [2.05, 4.69) is 20.7 Å². The van der Waals surface area contributed by atoms with Crippen molar-refractivity contribution in [3.63, 3.8) is 0 Å². The van der Waals surface area contributed by atoms with Crippen LogP contribution in [0.1, 0.15) is 70.6 Å². The number of carbonyl (C=O) groups is 1. The quantitative estimate of drug-likeness (QED) is 0.701. The van der Waals surface area contributed by atoms with Gasteiger partial charge >= 0.3 is 0 Å². The van der Waals surface area contributed by atoms with Crippen molar-refractivity contribution in [3.05, 3.63) is 16.6 Å². The summed E-state index contributed by atoms with van der Waals surface area (Å²) < 4.78 is 1.14. The van der Waals surface area contributed by atoms with Crippen LogP contribution in [-0.4, -0.2) is 48.9 Å². The summed E-state index contributed by atoms with van der Waals surface area (Å²) in [6, 6.07) is 0.310. The summed E-state index contributed by atoms with van der Waals surface area (Å²) in [6.45, 7) is 1.29. The molecule has 1 aromatic heterocycles. The highest BCUT2D eigenvalue weighted by Gasteiger charge is 2.16. The molecule has 1 unspecified atom stereocenters. The highest BCUT2D eigenvalue weighted by Crippen LogP contribution is 2.19. The molecule has 162 valence electrons. The van der Waals surface area contributed by atoms with Crippen molar-refractivity contribution < 1.29 is 4.79 Å². The first-order valence-corrected chi connectivity index (χ1v) is 11.5. The second-order valence-corrected chi connectivity index (χ2v) is 8.61.